The van der Waals surface area contributed by atoms with E-state index in [2.05, 4.69) is 55.5 Å². The summed E-state index contributed by atoms with van der Waals surface area (Å²) in [6.07, 6.45) is 2.50. The van der Waals surface area contributed by atoms with E-state index >= 15 is 0 Å². The minimum absolute atomic E-state index is 0.692. The van der Waals surface area contributed by atoms with Gasteiger partial charge in [-0.1, -0.05) is 54.1 Å². The molecule has 1 nitrogen and oxygen atoms in total. The lowest BCUT2D eigenvalue weighted by Crippen LogP contribution is -2.33. The Morgan fingerprint density at radius 2 is 1.61 bits per heavy atom. The van der Waals surface area contributed by atoms with Crippen molar-refractivity contribution in [1.82, 2.24) is 0 Å². The number of rotatable bonds is 1. The van der Waals surface area contributed by atoms with Gasteiger partial charge in [0.25, 0.3) is 0 Å². The lowest BCUT2D eigenvalue weighted by atomic mass is 9.76. The van der Waals surface area contributed by atoms with Gasteiger partial charge in [0.15, 0.2) is 0 Å². The maximum atomic E-state index is 10.9. The molecule has 0 saturated carbocycles. The van der Waals surface area contributed by atoms with Crippen LogP contribution in [0.2, 0.25) is 0 Å². The molecule has 1 N–H and O–H groups in total. The highest BCUT2D eigenvalue weighted by atomic mass is 16.3. The number of fused-ring (bicyclic) bond motifs is 1. The predicted octanol–water partition coefficient (Wildman–Crippen LogP) is 3.37. The smallest absolute Gasteiger partial charge is 0.0940 e. The highest BCUT2D eigenvalue weighted by molar-refractivity contribution is 5.36. The summed E-state index contributed by atoms with van der Waals surface area (Å²) in [5.74, 6) is 0. The van der Waals surface area contributed by atoms with E-state index < -0.39 is 5.60 Å². The van der Waals surface area contributed by atoms with E-state index in [1.165, 1.54) is 16.7 Å². The summed E-state index contributed by atoms with van der Waals surface area (Å²) < 4.78 is 0. The fraction of sp³-hybridized carbons (Fsp3) is 0.294. The van der Waals surface area contributed by atoms with Crippen molar-refractivity contribution in [3.8, 4) is 0 Å². The molecule has 0 aromatic heterocycles. The molecule has 0 spiro atoms. The van der Waals surface area contributed by atoms with Crippen LogP contribution in [0.15, 0.2) is 48.5 Å². The van der Waals surface area contributed by atoms with E-state index in [0.29, 0.717) is 0 Å². The monoisotopic (exact) mass is 238 g/mol. The molecule has 0 fully saturated rings. The molecule has 1 heteroatoms. The molecule has 1 unspecified atom stereocenters. The summed E-state index contributed by atoms with van der Waals surface area (Å²) in [5.41, 5.74) is 4.25. The maximum Gasteiger partial charge on any atom is 0.0940 e. The van der Waals surface area contributed by atoms with Gasteiger partial charge in [0.2, 0.25) is 0 Å². The topological polar surface area (TPSA) is 20.2 Å². The van der Waals surface area contributed by atoms with Crippen molar-refractivity contribution in [1.29, 1.82) is 0 Å². The van der Waals surface area contributed by atoms with Crippen molar-refractivity contribution in [3.63, 3.8) is 0 Å². The van der Waals surface area contributed by atoms with E-state index in [9.17, 15) is 5.11 Å². The van der Waals surface area contributed by atoms with Gasteiger partial charge in [0.1, 0.15) is 0 Å². The van der Waals surface area contributed by atoms with Crippen LogP contribution in [0.4, 0.5) is 0 Å². The average molecular weight is 238 g/mol. The zero-order valence-electron chi connectivity index (χ0n) is 10.7. The van der Waals surface area contributed by atoms with Gasteiger partial charge in [-0.25, -0.2) is 0 Å². The molecule has 1 aliphatic rings. The molecule has 2 aromatic rings. The average Bonchev–Trinajstić information content (AvgIpc) is 2.39. The van der Waals surface area contributed by atoms with Crippen LogP contribution in [0, 0.1) is 6.92 Å². The molecular weight excluding hydrogens is 220 g/mol. The number of aryl methyl sites for hydroxylation is 2. The quantitative estimate of drug-likeness (QED) is 0.807. The van der Waals surface area contributed by atoms with Crippen LogP contribution in [-0.4, -0.2) is 5.11 Å². The minimum Gasteiger partial charge on any atom is -0.385 e. The van der Waals surface area contributed by atoms with Crippen molar-refractivity contribution in [2.45, 2.75) is 31.8 Å². The van der Waals surface area contributed by atoms with E-state index in [4.69, 9.17) is 0 Å². The molecule has 92 valence electrons. The Balaban J connectivity index is 1.96. The van der Waals surface area contributed by atoms with Crippen LogP contribution in [0.1, 0.15) is 28.7 Å². The third-order valence-corrected chi connectivity index (χ3v) is 4.00. The Morgan fingerprint density at radius 1 is 0.944 bits per heavy atom. The Labute approximate surface area is 108 Å². The summed E-state index contributed by atoms with van der Waals surface area (Å²) in [7, 11) is 0. The van der Waals surface area contributed by atoms with E-state index in [0.717, 1.165) is 24.8 Å². The molecule has 3 rings (SSSR count). The first-order valence-electron chi connectivity index (χ1n) is 6.54. The summed E-state index contributed by atoms with van der Waals surface area (Å²) in [6, 6.07) is 16.7. The van der Waals surface area contributed by atoms with Gasteiger partial charge in [0, 0.05) is 6.42 Å². The summed E-state index contributed by atoms with van der Waals surface area (Å²) in [5, 5.41) is 10.9. The van der Waals surface area contributed by atoms with Crippen molar-refractivity contribution in [2.75, 3.05) is 0 Å². The molecule has 0 aliphatic heterocycles. The van der Waals surface area contributed by atoms with Crippen LogP contribution < -0.4 is 0 Å². The lowest BCUT2D eigenvalue weighted by molar-refractivity contribution is 0.0222. The third-order valence-electron chi connectivity index (χ3n) is 4.00. The maximum absolute atomic E-state index is 10.9. The number of hydrogen-bond donors (Lipinski definition) is 1. The highest BCUT2D eigenvalue weighted by Gasteiger charge is 2.33. The normalized spacial score (nSPS) is 22.6. The van der Waals surface area contributed by atoms with Gasteiger partial charge >= 0.3 is 0 Å². The molecular formula is C17H18O. The standard InChI is InChI=1S/C17H18O/c1-13-6-8-16(9-7-13)17(18)11-10-14-4-2-3-5-15(14)12-17/h2-9,18H,10-12H2,1H3. The van der Waals surface area contributed by atoms with Gasteiger partial charge in [0.05, 0.1) is 5.60 Å². The molecule has 2 aromatic carbocycles. The van der Waals surface area contributed by atoms with Crippen molar-refractivity contribution < 1.29 is 5.11 Å². The summed E-state index contributed by atoms with van der Waals surface area (Å²) in [4.78, 5) is 0. The molecule has 1 aliphatic carbocycles. The zero-order chi connectivity index (χ0) is 12.6. The fourth-order valence-electron chi connectivity index (χ4n) is 2.83. The number of benzene rings is 2. The van der Waals surface area contributed by atoms with Crippen LogP contribution in [0.5, 0.6) is 0 Å². The van der Waals surface area contributed by atoms with Gasteiger partial charge in [-0.05, 0) is 36.5 Å². The molecule has 0 saturated heterocycles. The summed E-state index contributed by atoms with van der Waals surface area (Å²) in [6.45, 7) is 2.07. The lowest BCUT2D eigenvalue weighted by Gasteiger charge is -2.34. The Morgan fingerprint density at radius 3 is 2.33 bits per heavy atom. The first-order chi connectivity index (χ1) is 8.67. The zero-order valence-corrected chi connectivity index (χ0v) is 10.7. The molecule has 1 atom stereocenters. The first-order valence-corrected chi connectivity index (χ1v) is 6.54. The Bertz CT molecular complexity index is 556. The van der Waals surface area contributed by atoms with E-state index in [1.807, 2.05) is 0 Å². The second-order valence-electron chi connectivity index (χ2n) is 5.34. The third kappa shape index (κ3) is 1.95. The Kier molecular flexibility index (Phi) is 2.71. The molecule has 0 bridgehead atoms. The number of aliphatic hydroxyl groups is 1. The minimum atomic E-state index is -0.692. The predicted molar refractivity (Wildman–Crippen MR) is 73.5 cm³/mol. The van der Waals surface area contributed by atoms with Gasteiger partial charge < -0.3 is 5.11 Å². The highest BCUT2D eigenvalue weighted by Crippen LogP contribution is 2.36. The SMILES string of the molecule is Cc1ccc(C2(O)CCc3ccccc3C2)cc1. The van der Waals surface area contributed by atoms with Crippen molar-refractivity contribution >= 4 is 0 Å². The van der Waals surface area contributed by atoms with E-state index in [-0.39, 0.29) is 0 Å². The van der Waals surface area contributed by atoms with Crippen LogP contribution in [0.25, 0.3) is 0 Å². The largest absolute Gasteiger partial charge is 0.385 e. The first kappa shape index (κ1) is 11.5. The fourth-order valence-corrected chi connectivity index (χ4v) is 2.83. The second-order valence-corrected chi connectivity index (χ2v) is 5.34. The van der Waals surface area contributed by atoms with Gasteiger partial charge in [-0.15, -0.1) is 0 Å². The van der Waals surface area contributed by atoms with Crippen molar-refractivity contribution in [2.24, 2.45) is 0 Å². The van der Waals surface area contributed by atoms with Gasteiger partial charge in [-0.3, -0.25) is 0 Å². The Hall–Kier alpha value is -1.60. The van der Waals surface area contributed by atoms with Gasteiger partial charge in [-0.2, -0.15) is 0 Å². The molecule has 0 heterocycles. The van der Waals surface area contributed by atoms with Crippen LogP contribution in [-0.2, 0) is 18.4 Å². The van der Waals surface area contributed by atoms with Crippen LogP contribution in [0.3, 0.4) is 0 Å². The molecule has 0 amide bonds. The second kappa shape index (κ2) is 4.25. The van der Waals surface area contributed by atoms with Crippen molar-refractivity contribution in [3.05, 3.63) is 70.8 Å². The van der Waals surface area contributed by atoms with E-state index in [1.54, 1.807) is 0 Å². The summed E-state index contributed by atoms with van der Waals surface area (Å²) >= 11 is 0. The molecule has 0 radical (unpaired) electrons. The van der Waals surface area contributed by atoms with Crippen LogP contribution >= 0.6 is 0 Å². The molecule has 18 heavy (non-hydrogen) atoms. The number of hydrogen-bond acceptors (Lipinski definition) is 1.